The van der Waals surface area contributed by atoms with Crippen LogP contribution >= 0.6 is 0 Å². The Morgan fingerprint density at radius 2 is 1.84 bits per heavy atom. The molecule has 2 aromatic rings. The highest BCUT2D eigenvalue weighted by molar-refractivity contribution is 5.22. The van der Waals surface area contributed by atoms with E-state index >= 15 is 0 Å². The smallest absolute Gasteiger partial charge is 0.0522 e. The fraction of sp³-hybridized carbons (Fsp3) is 0.438. The molecule has 1 unspecified atom stereocenters. The maximum atomic E-state index is 4.24. The maximum Gasteiger partial charge on any atom is 0.0522 e. The molecule has 19 heavy (non-hydrogen) atoms. The Labute approximate surface area is 115 Å². The van der Waals surface area contributed by atoms with Gasteiger partial charge in [-0.15, -0.1) is 0 Å². The molecule has 102 valence electrons. The van der Waals surface area contributed by atoms with E-state index in [1.807, 2.05) is 17.9 Å². The van der Waals surface area contributed by atoms with E-state index in [-0.39, 0.29) is 0 Å². The van der Waals surface area contributed by atoms with Gasteiger partial charge in [-0.05, 0) is 37.4 Å². The van der Waals surface area contributed by atoms with Gasteiger partial charge in [-0.3, -0.25) is 4.68 Å². The molecular weight excluding hydrogens is 234 g/mol. The van der Waals surface area contributed by atoms with Gasteiger partial charge in [0.1, 0.15) is 0 Å². The van der Waals surface area contributed by atoms with Crippen LogP contribution in [0.4, 0.5) is 0 Å². The molecule has 0 radical (unpaired) electrons. The second-order valence-corrected chi connectivity index (χ2v) is 5.17. The van der Waals surface area contributed by atoms with Gasteiger partial charge in [-0.2, -0.15) is 5.10 Å². The summed E-state index contributed by atoms with van der Waals surface area (Å²) in [5.74, 6) is 0. The lowest BCUT2D eigenvalue weighted by molar-refractivity contribution is 0.521. The molecule has 0 amide bonds. The van der Waals surface area contributed by atoms with Crippen molar-refractivity contribution >= 4 is 0 Å². The second kappa shape index (κ2) is 6.53. The summed E-state index contributed by atoms with van der Waals surface area (Å²) in [6.45, 7) is 5.28. The Morgan fingerprint density at radius 1 is 1.16 bits per heavy atom. The SMILES string of the molecule is CCNC(Cc1ccc(C)cc1)Cc1cnn(C)c1. The van der Waals surface area contributed by atoms with E-state index in [1.165, 1.54) is 16.7 Å². The third-order valence-electron chi connectivity index (χ3n) is 3.34. The summed E-state index contributed by atoms with van der Waals surface area (Å²) in [5, 5.41) is 7.80. The van der Waals surface area contributed by atoms with Gasteiger partial charge < -0.3 is 5.32 Å². The number of rotatable bonds is 6. The quantitative estimate of drug-likeness (QED) is 0.861. The summed E-state index contributed by atoms with van der Waals surface area (Å²) in [6.07, 6.45) is 6.14. The van der Waals surface area contributed by atoms with Gasteiger partial charge in [0.2, 0.25) is 0 Å². The molecule has 1 aromatic carbocycles. The highest BCUT2D eigenvalue weighted by Crippen LogP contribution is 2.10. The van der Waals surface area contributed by atoms with Crippen LogP contribution in [0.25, 0.3) is 0 Å². The molecule has 0 spiro atoms. The fourth-order valence-electron chi connectivity index (χ4n) is 2.38. The number of aryl methyl sites for hydroxylation is 2. The first kappa shape index (κ1) is 13.8. The third-order valence-corrected chi connectivity index (χ3v) is 3.34. The van der Waals surface area contributed by atoms with Crippen molar-refractivity contribution in [3.05, 3.63) is 53.3 Å². The molecule has 2 rings (SSSR count). The summed E-state index contributed by atoms with van der Waals surface area (Å²) in [6, 6.07) is 9.29. The summed E-state index contributed by atoms with van der Waals surface area (Å²) >= 11 is 0. The van der Waals surface area contributed by atoms with Crippen molar-refractivity contribution in [3.63, 3.8) is 0 Å². The van der Waals surface area contributed by atoms with Gasteiger partial charge in [0, 0.05) is 19.3 Å². The van der Waals surface area contributed by atoms with Gasteiger partial charge in [-0.1, -0.05) is 36.8 Å². The normalized spacial score (nSPS) is 12.6. The van der Waals surface area contributed by atoms with E-state index in [0.717, 1.165) is 19.4 Å². The number of hydrogen-bond donors (Lipinski definition) is 1. The Balaban J connectivity index is 2.01. The zero-order chi connectivity index (χ0) is 13.7. The number of likely N-dealkylation sites (N-methyl/N-ethyl adjacent to an activating group) is 1. The molecular formula is C16H23N3. The van der Waals surface area contributed by atoms with Gasteiger partial charge in [0.05, 0.1) is 6.20 Å². The molecule has 0 bridgehead atoms. The Bertz CT molecular complexity index is 499. The van der Waals surface area contributed by atoms with Crippen LogP contribution in [0.2, 0.25) is 0 Å². The van der Waals surface area contributed by atoms with Crippen LogP contribution in [0, 0.1) is 6.92 Å². The Morgan fingerprint density at radius 3 is 2.42 bits per heavy atom. The minimum atomic E-state index is 0.469. The van der Waals surface area contributed by atoms with Gasteiger partial charge in [-0.25, -0.2) is 0 Å². The van der Waals surface area contributed by atoms with Crippen LogP contribution in [-0.4, -0.2) is 22.4 Å². The molecule has 0 aliphatic rings. The monoisotopic (exact) mass is 257 g/mol. The van der Waals surface area contributed by atoms with Crippen LogP contribution in [0.5, 0.6) is 0 Å². The van der Waals surface area contributed by atoms with Crippen LogP contribution in [-0.2, 0) is 19.9 Å². The topological polar surface area (TPSA) is 29.9 Å². The van der Waals surface area contributed by atoms with Crippen molar-refractivity contribution in [2.45, 2.75) is 32.7 Å². The van der Waals surface area contributed by atoms with E-state index in [0.29, 0.717) is 6.04 Å². The Kier molecular flexibility index (Phi) is 4.74. The van der Waals surface area contributed by atoms with E-state index in [4.69, 9.17) is 0 Å². The summed E-state index contributed by atoms with van der Waals surface area (Å²) in [4.78, 5) is 0. The first-order valence-electron chi connectivity index (χ1n) is 6.94. The lowest BCUT2D eigenvalue weighted by Crippen LogP contribution is -2.32. The van der Waals surface area contributed by atoms with E-state index < -0.39 is 0 Å². The molecule has 3 nitrogen and oxygen atoms in total. The molecule has 0 aliphatic carbocycles. The van der Waals surface area contributed by atoms with Crippen molar-refractivity contribution in [2.75, 3.05) is 6.54 Å². The van der Waals surface area contributed by atoms with Gasteiger partial charge >= 0.3 is 0 Å². The highest BCUT2D eigenvalue weighted by Gasteiger charge is 2.10. The molecule has 0 saturated carbocycles. The van der Waals surface area contributed by atoms with Crippen molar-refractivity contribution in [1.29, 1.82) is 0 Å². The van der Waals surface area contributed by atoms with E-state index in [2.05, 4.69) is 54.7 Å². The number of nitrogens with one attached hydrogen (secondary N) is 1. The van der Waals surface area contributed by atoms with Crippen LogP contribution in [0.1, 0.15) is 23.6 Å². The first-order chi connectivity index (χ1) is 9.17. The molecule has 0 saturated heterocycles. The molecule has 0 aliphatic heterocycles. The molecule has 1 aromatic heterocycles. The maximum absolute atomic E-state index is 4.24. The van der Waals surface area contributed by atoms with Crippen LogP contribution < -0.4 is 5.32 Å². The van der Waals surface area contributed by atoms with E-state index in [1.54, 1.807) is 0 Å². The number of aromatic nitrogens is 2. The Hall–Kier alpha value is -1.61. The molecule has 1 heterocycles. The minimum Gasteiger partial charge on any atom is -0.314 e. The zero-order valence-corrected chi connectivity index (χ0v) is 12.1. The van der Waals surface area contributed by atoms with Gasteiger partial charge in [0.25, 0.3) is 0 Å². The number of nitrogens with zero attached hydrogens (tertiary/aromatic N) is 2. The molecule has 1 atom stereocenters. The predicted molar refractivity (Wildman–Crippen MR) is 79.3 cm³/mol. The average Bonchev–Trinajstić information content (AvgIpc) is 2.78. The lowest BCUT2D eigenvalue weighted by atomic mass is 10.00. The summed E-state index contributed by atoms with van der Waals surface area (Å²) in [5.41, 5.74) is 4.00. The van der Waals surface area contributed by atoms with Crippen LogP contribution in [0.3, 0.4) is 0 Å². The van der Waals surface area contributed by atoms with Crippen LogP contribution in [0.15, 0.2) is 36.7 Å². The van der Waals surface area contributed by atoms with E-state index in [9.17, 15) is 0 Å². The highest BCUT2D eigenvalue weighted by atomic mass is 15.2. The third kappa shape index (κ3) is 4.21. The van der Waals surface area contributed by atoms with Crippen molar-refractivity contribution in [2.24, 2.45) is 7.05 Å². The second-order valence-electron chi connectivity index (χ2n) is 5.17. The zero-order valence-electron chi connectivity index (χ0n) is 12.1. The molecule has 3 heteroatoms. The summed E-state index contributed by atoms with van der Waals surface area (Å²) in [7, 11) is 1.96. The molecule has 1 N–H and O–H groups in total. The van der Waals surface area contributed by atoms with Gasteiger partial charge in [0.15, 0.2) is 0 Å². The first-order valence-corrected chi connectivity index (χ1v) is 6.94. The standard InChI is InChI=1S/C16H23N3/c1-4-17-16(10-15-11-18-19(3)12-15)9-14-7-5-13(2)6-8-14/h5-8,11-12,16-17H,4,9-10H2,1-3H3. The minimum absolute atomic E-state index is 0.469. The van der Waals surface area contributed by atoms with Crippen molar-refractivity contribution in [3.8, 4) is 0 Å². The lowest BCUT2D eigenvalue weighted by Gasteiger charge is -2.17. The van der Waals surface area contributed by atoms with Crippen molar-refractivity contribution < 1.29 is 0 Å². The molecule has 0 fully saturated rings. The number of hydrogen-bond acceptors (Lipinski definition) is 2. The number of benzene rings is 1. The largest absolute Gasteiger partial charge is 0.314 e. The summed E-state index contributed by atoms with van der Waals surface area (Å²) < 4.78 is 1.87. The predicted octanol–water partition coefficient (Wildman–Crippen LogP) is 2.49. The van der Waals surface area contributed by atoms with Crippen molar-refractivity contribution in [1.82, 2.24) is 15.1 Å². The average molecular weight is 257 g/mol. The fourth-order valence-corrected chi connectivity index (χ4v) is 2.38.